The summed E-state index contributed by atoms with van der Waals surface area (Å²) in [6.07, 6.45) is -4.28. The summed E-state index contributed by atoms with van der Waals surface area (Å²) in [5, 5.41) is 3.15. The fourth-order valence-corrected chi connectivity index (χ4v) is 1.95. The van der Waals surface area contributed by atoms with Crippen molar-refractivity contribution < 1.29 is 13.2 Å². The van der Waals surface area contributed by atoms with Gasteiger partial charge >= 0.3 is 6.18 Å². The van der Waals surface area contributed by atoms with Gasteiger partial charge < -0.3 is 5.32 Å². The number of alkyl halides is 3. The number of rotatable bonds is 4. The van der Waals surface area contributed by atoms with Crippen molar-refractivity contribution in [3.63, 3.8) is 0 Å². The first-order chi connectivity index (χ1) is 9.47. The molecule has 0 spiro atoms. The van der Waals surface area contributed by atoms with Gasteiger partial charge in [-0.2, -0.15) is 13.2 Å². The Hall–Kier alpha value is -1.97. The third-order valence-corrected chi connectivity index (χ3v) is 3.19. The highest BCUT2D eigenvalue weighted by atomic mass is 19.4. The van der Waals surface area contributed by atoms with Crippen LogP contribution in [0.15, 0.2) is 54.6 Å². The van der Waals surface area contributed by atoms with E-state index >= 15 is 0 Å². The van der Waals surface area contributed by atoms with Crippen LogP contribution >= 0.6 is 0 Å². The first-order valence-corrected chi connectivity index (χ1v) is 6.43. The van der Waals surface area contributed by atoms with Crippen LogP contribution in [0.5, 0.6) is 0 Å². The maximum atomic E-state index is 12.4. The molecule has 4 heteroatoms. The molecule has 2 aromatic rings. The lowest BCUT2D eigenvalue weighted by Gasteiger charge is -2.14. The Morgan fingerprint density at radius 3 is 2.10 bits per heavy atom. The van der Waals surface area contributed by atoms with Crippen LogP contribution in [0, 0.1) is 0 Å². The molecule has 0 bridgehead atoms. The standard InChI is InChI=1S/C16H16F3N/c1-12(13-5-3-2-4-6-13)11-20-15-9-7-14(8-10-15)16(17,18)19/h2-10,12,20H,11H2,1H3/t12-/m0/s1. The minimum Gasteiger partial charge on any atom is -0.384 e. The minimum absolute atomic E-state index is 0.290. The summed E-state index contributed by atoms with van der Waals surface area (Å²) in [6, 6.07) is 15.1. The minimum atomic E-state index is -4.28. The van der Waals surface area contributed by atoms with Crippen LogP contribution in [0.4, 0.5) is 18.9 Å². The Morgan fingerprint density at radius 2 is 1.55 bits per heavy atom. The summed E-state index contributed by atoms with van der Waals surface area (Å²) in [6.45, 7) is 2.75. The highest BCUT2D eigenvalue weighted by Crippen LogP contribution is 2.29. The normalized spacial score (nSPS) is 13.0. The predicted octanol–water partition coefficient (Wildman–Crippen LogP) is 4.92. The zero-order chi connectivity index (χ0) is 14.6. The number of anilines is 1. The van der Waals surface area contributed by atoms with E-state index in [1.165, 1.54) is 17.7 Å². The van der Waals surface area contributed by atoms with Crippen molar-refractivity contribution in [2.75, 3.05) is 11.9 Å². The molecule has 2 rings (SSSR count). The monoisotopic (exact) mass is 279 g/mol. The lowest BCUT2D eigenvalue weighted by atomic mass is 10.0. The number of hydrogen-bond donors (Lipinski definition) is 1. The number of halogens is 3. The van der Waals surface area contributed by atoms with E-state index < -0.39 is 11.7 Å². The van der Waals surface area contributed by atoms with Crippen molar-refractivity contribution in [1.29, 1.82) is 0 Å². The zero-order valence-electron chi connectivity index (χ0n) is 11.1. The van der Waals surface area contributed by atoms with Crippen molar-refractivity contribution in [3.05, 3.63) is 65.7 Å². The summed E-state index contributed by atoms with van der Waals surface area (Å²) in [5.41, 5.74) is 1.27. The fourth-order valence-electron chi connectivity index (χ4n) is 1.95. The van der Waals surface area contributed by atoms with Gasteiger partial charge in [0.25, 0.3) is 0 Å². The highest BCUT2D eigenvalue weighted by molar-refractivity contribution is 5.45. The molecule has 1 atom stereocenters. The summed E-state index contributed by atoms with van der Waals surface area (Å²) >= 11 is 0. The van der Waals surface area contributed by atoms with Crippen molar-refractivity contribution in [3.8, 4) is 0 Å². The average Bonchev–Trinajstić information content (AvgIpc) is 2.45. The van der Waals surface area contributed by atoms with Crippen LogP contribution in [-0.2, 0) is 6.18 Å². The first kappa shape index (κ1) is 14.4. The quantitative estimate of drug-likeness (QED) is 0.837. The molecule has 1 N–H and O–H groups in total. The Morgan fingerprint density at radius 1 is 0.950 bits per heavy atom. The van der Waals surface area contributed by atoms with Gasteiger partial charge in [0.1, 0.15) is 0 Å². The fraction of sp³-hybridized carbons (Fsp3) is 0.250. The van der Waals surface area contributed by atoms with E-state index in [1.807, 2.05) is 30.3 Å². The van der Waals surface area contributed by atoms with E-state index in [2.05, 4.69) is 12.2 Å². The molecule has 1 nitrogen and oxygen atoms in total. The lowest BCUT2D eigenvalue weighted by molar-refractivity contribution is -0.137. The van der Waals surface area contributed by atoms with E-state index in [-0.39, 0.29) is 0 Å². The molecule has 0 unspecified atom stereocenters. The molecule has 0 amide bonds. The summed E-state index contributed by atoms with van der Waals surface area (Å²) in [5.74, 6) is 0.290. The van der Waals surface area contributed by atoms with Gasteiger partial charge in [-0.15, -0.1) is 0 Å². The van der Waals surface area contributed by atoms with Gasteiger partial charge in [-0.05, 0) is 35.7 Å². The Kier molecular flexibility index (Phi) is 4.32. The van der Waals surface area contributed by atoms with Crippen molar-refractivity contribution in [1.82, 2.24) is 0 Å². The second kappa shape index (κ2) is 5.99. The SMILES string of the molecule is C[C@@H](CNc1ccc(C(F)(F)F)cc1)c1ccccc1. The van der Waals surface area contributed by atoms with Crippen molar-refractivity contribution >= 4 is 5.69 Å². The first-order valence-electron chi connectivity index (χ1n) is 6.43. The third-order valence-electron chi connectivity index (χ3n) is 3.19. The van der Waals surface area contributed by atoms with Gasteiger partial charge in [-0.25, -0.2) is 0 Å². The summed E-state index contributed by atoms with van der Waals surface area (Å²) in [7, 11) is 0. The number of nitrogens with one attached hydrogen (secondary N) is 1. The molecule has 0 aliphatic heterocycles. The topological polar surface area (TPSA) is 12.0 Å². The number of hydrogen-bond acceptors (Lipinski definition) is 1. The molecule has 2 aromatic carbocycles. The largest absolute Gasteiger partial charge is 0.416 e. The maximum absolute atomic E-state index is 12.4. The Labute approximate surface area is 116 Å². The van der Waals surface area contributed by atoms with Gasteiger partial charge in [0.2, 0.25) is 0 Å². The third kappa shape index (κ3) is 3.76. The molecule has 0 heterocycles. The van der Waals surface area contributed by atoms with E-state index in [9.17, 15) is 13.2 Å². The van der Waals surface area contributed by atoms with Crippen LogP contribution in [0.2, 0.25) is 0 Å². The smallest absolute Gasteiger partial charge is 0.384 e. The second-order valence-electron chi connectivity index (χ2n) is 4.77. The van der Waals surface area contributed by atoms with Crippen LogP contribution < -0.4 is 5.32 Å². The average molecular weight is 279 g/mol. The molecule has 106 valence electrons. The van der Waals surface area contributed by atoms with E-state index in [0.29, 0.717) is 18.2 Å². The second-order valence-corrected chi connectivity index (χ2v) is 4.77. The van der Waals surface area contributed by atoms with Crippen molar-refractivity contribution in [2.24, 2.45) is 0 Å². The molecule has 0 saturated carbocycles. The summed E-state index contributed by atoms with van der Waals surface area (Å²) in [4.78, 5) is 0. The van der Waals surface area contributed by atoms with Gasteiger partial charge in [0, 0.05) is 12.2 Å². The van der Waals surface area contributed by atoms with Crippen LogP contribution in [0.3, 0.4) is 0 Å². The predicted molar refractivity (Wildman–Crippen MR) is 74.8 cm³/mol. The van der Waals surface area contributed by atoms with Gasteiger partial charge in [-0.1, -0.05) is 37.3 Å². The molecule has 0 radical (unpaired) electrons. The van der Waals surface area contributed by atoms with Crippen LogP contribution in [-0.4, -0.2) is 6.54 Å². The Balaban J connectivity index is 1.94. The molecule has 0 fully saturated rings. The Bertz CT molecular complexity index is 532. The summed E-state index contributed by atoms with van der Waals surface area (Å²) < 4.78 is 37.3. The number of benzene rings is 2. The van der Waals surface area contributed by atoms with E-state index in [0.717, 1.165) is 12.1 Å². The van der Waals surface area contributed by atoms with Gasteiger partial charge in [-0.3, -0.25) is 0 Å². The zero-order valence-corrected chi connectivity index (χ0v) is 11.1. The van der Waals surface area contributed by atoms with E-state index in [4.69, 9.17) is 0 Å². The molecule has 0 saturated heterocycles. The molecule has 0 aliphatic rings. The van der Waals surface area contributed by atoms with E-state index in [1.54, 1.807) is 0 Å². The van der Waals surface area contributed by atoms with Crippen LogP contribution in [0.25, 0.3) is 0 Å². The molecule has 0 aromatic heterocycles. The van der Waals surface area contributed by atoms with Gasteiger partial charge in [0.05, 0.1) is 5.56 Å². The van der Waals surface area contributed by atoms with Gasteiger partial charge in [0.15, 0.2) is 0 Å². The molecule has 0 aliphatic carbocycles. The molecular formula is C16H16F3N. The van der Waals surface area contributed by atoms with Crippen molar-refractivity contribution in [2.45, 2.75) is 19.0 Å². The lowest BCUT2D eigenvalue weighted by Crippen LogP contribution is -2.10. The maximum Gasteiger partial charge on any atom is 0.416 e. The molecular weight excluding hydrogens is 263 g/mol. The highest BCUT2D eigenvalue weighted by Gasteiger charge is 2.29. The van der Waals surface area contributed by atoms with Crippen LogP contribution in [0.1, 0.15) is 24.0 Å². The molecule has 20 heavy (non-hydrogen) atoms.